The van der Waals surface area contributed by atoms with Crippen LogP contribution in [0.4, 0.5) is 26.1 Å². The van der Waals surface area contributed by atoms with Crippen molar-refractivity contribution in [2.24, 2.45) is 0 Å². The van der Waals surface area contributed by atoms with Crippen LogP contribution in [0, 0.1) is 12.7 Å². The Balaban J connectivity index is 1.25. The summed E-state index contributed by atoms with van der Waals surface area (Å²) < 4.78 is 35.9. The number of anilines is 3. The fourth-order valence-corrected chi connectivity index (χ4v) is 4.72. The first-order valence-electron chi connectivity index (χ1n) is 12.9. The molecule has 3 aromatic heterocycles. The summed E-state index contributed by atoms with van der Waals surface area (Å²) in [5, 5.41) is 16.3. The average molecular weight is 558 g/mol. The highest BCUT2D eigenvalue weighted by atomic mass is 19.1. The van der Waals surface area contributed by atoms with Gasteiger partial charge in [-0.1, -0.05) is 6.58 Å². The molecule has 0 saturated carbocycles. The number of H-pyrrole nitrogens is 1. The zero-order valence-corrected chi connectivity index (χ0v) is 21.9. The Labute approximate surface area is 232 Å². The number of amides is 1. The first-order valence-corrected chi connectivity index (χ1v) is 12.9. The number of fused-ring (bicyclic) bond motifs is 2. The summed E-state index contributed by atoms with van der Waals surface area (Å²) in [5.74, 6) is 0.755. The molecule has 0 aliphatic carbocycles. The van der Waals surface area contributed by atoms with E-state index in [0.717, 1.165) is 6.08 Å². The van der Waals surface area contributed by atoms with Crippen LogP contribution in [0.3, 0.4) is 0 Å². The van der Waals surface area contributed by atoms with Crippen molar-refractivity contribution in [3.8, 4) is 11.5 Å². The van der Waals surface area contributed by atoms with Gasteiger partial charge in [0.05, 0.1) is 17.2 Å². The number of nitrogens with zero attached hydrogens (tertiary/aromatic N) is 6. The van der Waals surface area contributed by atoms with Gasteiger partial charge in [0.1, 0.15) is 46.4 Å². The first kappa shape index (κ1) is 26.0. The molecule has 1 saturated heterocycles. The monoisotopic (exact) mass is 557 g/mol. The number of ether oxygens (including phenoxy) is 1. The molecule has 1 aliphatic rings. The van der Waals surface area contributed by atoms with Crippen molar-refractivity contribution < 1.29 is 18.3 Å². The summed E-state index contributed by atoms with van der Waals surface area (Å²) in [6.45, 7) is 5.69. The topological polar surface area (TPSA) is 134 Å². The molecule has 5 aromatic rings. The molecule has 6 rings (SSSR count). The fraction of sp³-hybridized carbons (Fsp3) is 0.214. The Hall–Kier alpha value is -5.20. The number of nitrogens with one attached hydrogen (secondary N) is 3. The van der Waals surface area contributed by atoms with E-state index in [1.165, 1.54) is 6.33 Å². The van der Waals surface area contributed by atoms with Crippen molar-refractivity contribution >= 4 is 45.3 Å². The van der Waals surface area contributed by atoms with E-state index < -0.39 is 23.9 Å². The van der Waals surface area contributed by atoms with E-state index in [1.54, 1.807) is 49.4 Å². The summed E-state index contributed by atoms with van der Waals surface area (Å²) in [6.07, 6.45) is 1.53. The first-order chi connectivity index (χ1) is 19.9. The van der Waals surface area contributed by atoms with Crippen molar-refractivity contribution in [1.29, 1.82) is 0 Å². The molecule has 1 fully saturated rings. The lowest BCUT2D eigenvalue weighted by atomic mass is 10.0. The normalized spacial score (nSPS) is 17.0. The molecule has 1 amide bonds. The number of carbonyl (C=O) groups is 1. The van der Waals surface area contributed by atoms with Gasteiger partial charge in [-0.25, -0.2) is 23.7 Å². The Kier molecular flexibility index (Phi) is 6.83. The summed E-state index contributed by atoms with van der Waals surface area (Å²) in [4.78, 5) is 27.0. The van der Waals surface area contributed by atoms with Gasteiger partial charge in [-0.2, -0.15) is 15.4 Å². The Morgan fingerprint density at radius 3 is 2.83 bits per heavy atom. The van der Waals surface area contributed by atoms with Crippen molar-refractivity contribution in [2.45, 2.75) is 25.6 Å². The minimum atomic E-state index is -1.18. The van der Waals surface area contributed by atoms with Crippen LogP contribution in [0.15, 0.2) is 61.4 Å². The number of rotatable bonds is 7. The molecule has 0 radical (unpaired) electrons. The SMILES string of the molecule is C=CC(=O)N[C@H]1CN(c2ccc3ncnc(Nc4ccc(Oc5ccc6n[nH]nc6c5)c(C)c4F)c3n2)CC[C@@H]1F. The smallest absolute Gasteiger partial charge is 0.243 e. The highest BCUT2D eigenvalue weighted by Gasteiger charge is 2.31. The van der Waals surface area contributed by atoms with E-state index in [2.05, 4.69) is 42.6 Å². The Bertz CT molecular complexity index is 1780. The molecule has 41 heavy (non-hydrogen) atoms. The number of carbonyl (C=O) groups excluding carboxylic acids is 1. The van der Waals surface area contributed by atoms with E-state index in [1.807, 2.05) is 4.90 Å². The van der Waals surface area contributed by atoms with Crippen LogP contribution in [0.5, 0.6) is 11.5 Å². The highest BCUT2D eigenvalue weighted by molar-refractivity contribution is 5.89. The number of piperidine rings is 1. The summed E-state index contributed by atoms with van der Waals surface area (Å²) >= 11 is 0. The number of aromatic nitrogens is 6. The van der Waals surface area contributed by atoms with Crippen molar-refractivity contribution in [2.75, 3.05) is 23.3 Å². The van der Waals surface area contributed by atoms with E-state index in [0.29, 0.717) is 57.3 Å². The van der Waals surface area contributed by atoms with Crippen LogP contribution in [0.25, 0.3) is 22.1 Å². The predicted octanol–water partition coefficient (Wildman–Crippen LogP) is 4.50. The Morgan fingerprint density at radius 1 is 1.15 bits per heavy atom. The lowest BCUT2D eigenvalue weighted by Crippen LogP contribution is -2.53. The van der Waals surface area contributed by atoms with Crippen LogP contribution < -0.4 is 20.3 Å². The summed E-state index contributed by atoms with van der Waals surface area (Å²) in [6, 6.07) is 11.3. The molecule has 11 nitrogen and oxygen atoms in total. The van der Waals surface area contributed by atoms with Crippen LogP contribution in [-0.4, -0.2) is 61.6 Å². The molecular formula is C28H25F2N9O2. The molecule has 0 spiro atoms. The number of pyridine rings is 1. The molecule has 13 heteroatoms. The largest absolute Gasteiger partial charge is 0.457 e. The molecule has 208 valence electrons. The standard InChI is InChI=1S/C28H25F2N9O2/c1-3-25(40)33-22-13-39(11-10-17(22)29)24-9-7-20-27(35-24)28(32-14-31-20)34-19-6-8-23(15(2)26(19)30)41-16-4-5-18-21(12-16)37-38-36-18/h3-9,12,14,17,22H,1,10-11,13H2,2H3,(H,33,40)(H,31,32,34)(H,36,37,38)/t17-,22-/m0/s1. The number of hydrogen-bond donors (Lipinski definition) is 3. The number of hydrogen-bond acceptors (Lipinski definition) is 9. The van der Waals surface area contributed by atoms with Gasteiger partial charge in [0.15, 0.2) is 11.6 Å². The van der Waals surface area contributed by atoms with Gasteiger partial charge in [-0.15, -0.1) is 0 Å². The maximum Gasteiger partial charge on any atom is 0.243 e. The van der Waals surface area contributed by atoms with Crippen LogP contribution in [-0.2, 0) is 4.79 Å². The minimum absolute atomic E-state index is 0.180. The van der Waals surface area contributed by atoms with E-state index >= 15 is 4.39 Å². The molecule has 4 heterocycles. The van der Waals surface area contributed by atoms with E-state index in [4.69, 9.17) is 9.72 Å². The number of alkyl halides is 1. The molecule has 3 N–H and O–H groups in total. The van der Waals surface area contributed by atoms with Gasteiger partial charge in [-0.3, -0.25) is 4.79 Å². The molecule has 0 bridgehead atoms. The predicted molar refractivity (Wildman–Crippen MR) is 150 cm³/mol. The highest BCUT2D eigenvalue weighted by Crippen LogP contribution is 2.33. The van der Waals surface area contributed by atoms with Gasteiger partial charge >= 0.3 is 0 Å². The second-order valence-corrected chi connectivity index (χ2v) is 9.58. The fourth-order valence-electron chi connectivity index (χ4n) is 4.72. The number of halogens is 2. The maximum atomic E-state index is 15.5. The van der Waals surface area contributed by atoms with Crippen molar-refractivity contribution in [1.82, 2.24) is 35.7 Å². The number of benzene rings is 2. The lowest BCUT2D eigenvalue weighted by Gasteiger charge is -2.36. The van der Waals surface area contributed by atoms with Crippen LogP contribution in [0.2, 0.25) is 0 Å². The average Bonchev–Trinajstić information content (AvgIpc) is 3.46. The quantitative estimate of drug-likeness (QED) is 0.247. The lowest BCUT2D eigenvalue weighted by molar-refractivity contribution is -0.117. The summed E-state index contributed by atoms with van der Waals surface area (Å²) in [5.41, 5.74) is 2.76. The van der Waals surface area contributed by atoms with Crippen LogP contribution >= 0.6 is 0 Å². The van der Waals surface area contributed by atoms with Gasteiger partial charge in [-0.05, 0) is 55.8 Å². The van der Waals surface area contributed by atoms with E-state index in [-0.39, 0.29) is 18.7 Å². The van der Waals surface area contributed by atoms with Crippen molar-refractivity contribution in [3.63, 3.8) is 0 Å². The van der Waals surface area contributed by atoms with Gasteiger partial charge < -0.3 is 20.3 Å². The molecule has 0 unspecified atom stereocenters. The molecule has 1 aliphatic heterocycles. The molecule has 2 atom stereocenters. The zero-order chi connectivity index (χ0) is 28.5. The van der Waals surface area contributed by atoms with E-state index in [9.17, 15) is 9.18 Å². The van der Waals surface area contributed by atoms with Crippen LogP contribution in [0.1, 0.15) is 12.0 Å². The molecule has 2 aromatic carbocycles. The summed E-state index contributed by atoms with van der Waals surface area (Å²) in [7, 11) is 0. The zero-order valence-electron chi connectivity index (χ0n) is 21.9. The Morgan fingerprint density at radius 2 is 1.98 bits per heavy atom. The second-order valence-electron chi connectivity index (χ2n) is 9.58. The minimum Gasteiger partial charge on any atom is -0.457 e. The third-order valence-electron chi connectivity index (χ3n) is 6.94. The molecular weight excluding hydrogens is 532 g/mol. The third-order valence-corrected chi connectivity index (χ3v) is 6.94. The second kappa shape index (κ2) is 10.8. The van der Waals surface area contributed by atoms with Gasteiger partial charge in [0.2, 0.25) is 5.91 Å². The third kappa shape index (κ3) is 5.21. The maximum absolute atomic E-state index is 15.5. The van der Waals surface area contributed by atoms with Gasteiger partial charge in [0, 0.05) is 24.7 Å². The van der Waals surface area contributed by atoms with Gasteiger partial charge in [0.25, 0.3) is 0 Å². The van der Waals surface area contributed by atoms with Crippen molar-refractivity contribution in [3.05, 3.63) is 72.8 Å². The number of aromatic amines is 1.